The van der Waals surface area contributed by atoms with Gasteiger partial charge in [0.2, 0.25) is 0 Å². The van der Waals surface area contributed by atoms with E-state index in [2.05, 4.69) is 0 Å². The average Bonchev–Trinajstić information content (AvgIpc) is 2.90. The van der Waals surface area contributed by atoms with E-state index in [1.807, 2.05) is 0 Å². The highest BCUT2D eigenvalue weighted by Gasteiger charge is 2.52. The van der Waals surface area contributed by atoms with Crippen LogP contribution in [-0.2, 0) is 19.9 Å². The molecular weight excluding hydrogens is 397 g/mol. The standard InChI is InChI=1S/C19H11F3O5S/c20-13-7-10(5-6-16(13)23)19(11-8-14(21)18(24)15(22)9-11)12-3-1-2-4-17(12)28(25,26)27-19/h1-9,23-24H. The van der Waals surface area contributed by atoms with Gasteiger partial charge in [-0.15, -0.1) is 0 Å². The Morgan fingerprint density at radius 3 is 2.07 bits per heavy atom. The van der Waals surface area contributed by atoms with Gasteiger partial charge in [-0.2, -0.15) is 8.42 Å². The maximum Gasteiger partial charge on any atom is 0.298 e. The van der Waals surface area contributed by atoms with Gasteiger partial charge in [0, 0.05) is 11.1 Å². The fourth-order valence-corrected chi connectivity index (χ4v) is 4.73. The van der Waals surface area contributed by atoms with Crippen molar-refractivity contribution in [2.24, 2.45) is 0 Å². The zero-order valence-corrected chi connectivity index (χ0v) is 14.7. The Bertz CT molecular complexity index is 1200. The summed E-state index contributed by atoms with van der Waals surface area (Å²) in [5, 5.41) is 18.9. The van der Waals surface area contributed by atoms with E-state index in [4.69, 9.17) is 4.18 Å². The molecule has 0 spiro atoms. The van der Waals surface area contributed by atoms with Crippen LogP contribution in [0.25, 0.3) is 0 Å². The van der Waals surface area contributed by atoms with Crippen molar-refractivity contribution in [2.45, 2.75) is 10.5 Å². The molecule has 144 valence electrons. The lowest BCUT2D eigenvalue weighted by Gasteiger charge is -2.29. The third-order valence-electron chi connectivity index (χ3n) is 4.55. The predicted octanol–water partition coefficient (Wildman–Crippen LogP) is 3.53. The second kappa shape index (κ2) is 5.98. The molecule has 9 heteroatoms. The lowest BCUT2D eigenvalue weighted by Crippen LogP contribution is -2.30. The molecule has 0 radical (unpaired) electrons. The summed E-state index contributed by atoms with van der Waals surface area (Å²) >= 11 is 0. The number of aromatic hydroxyl groups is 2. The van der Waals surface area contributed by atoms with Crippen LogP contribution in [0.2, 0.25) is 0 Å². The first kappa shape index (κ1) is 18.3. The Labute approximate surface area is 157 Å². The minimum Gasteiger partial charge on any atom is -0.505 e. The largest absolute Gasteiger partial charge is 0.505 e. The summed E-state index contributed by atoms with van der Waals surface area (Å²) in [5.74, 6) is -5.72. The van der Waals surface area contributed by atoms with Gasteiger partial charge in [-0.1, -0.05) is 24.3 Å². The molecule has 0 saturated carbocycles. The second-order valence-corrected chi connectivity index (χ2v) is 7.68. The van der Waals surface area contributed by atoms with Crippen molar-refractivity contribution in [3.05, 3.63) is 88.7 Å². The molecule has 1 heterocycles. The third kappa shape index (κ3) is 2.47. The fourth-order valence-electron chi connectivity index (χ4n) is 3.30. The molecule has 0 amide bonds. The molecule has 0 fully saturated rings. The Hall–Kier alpha value is -3.04. The lowest BCUT2D eigenvalue weighted by atomic mass is 9.80. The smallest absolute Gasteiger partial charge is 0.298 e. The van der Waals surface area contributed by atoms with Crippen molar-refractivity contribution in [1.29, 1.82) is 0 Å². The van der Waals surface area contributed by atoms with Crippen molar-refractivity contribution >= 4 is 10.1 Å². The topological polar surface area (TPSA) is 83.8 Å². The van der Waals surface area contributed by atoms with Gasteiger partial charge in [-0.05, 0) is 35.9 Å². The normalized spacial score (nSPS) is 20.1. The van der Waals surface area contributed by atoms with Crippen LogP contribution in [0.1, 0.15) is 16.7 Å². The van der Waals surface area contributed by atoms with E-state index >= 15 is 0 Å². The molecule has 3 aromatic rings. The Morgan fingerprint density at radius 1 is 0.821 bits per heavy atom. The van der Waals surface area contributed by atoms with Gasteiger partial charge in [0.05, 0.1) is 0 Å². The quantitative estimate of drug-likeness (QED) is 0.634. The molecule has 0 aliphatic carbocycles. The maximum absolute atomic E-state index is 14.1. The zero-order valence-electron chi connectivity index (χ0n) is 13.9. The van der Waals surface area contributed by atoms with E-state index in [0.717, 1.165) is 12.1 Å². The number of hydrogen-bond acceptors (Lipinski definition) is 5. The van der Waals surface area contributed by atoms with Crippen molar-refractivity contribution in [2.75, 3.05) is 0 Å². The van der Waals surface area contributed by atoms with E-state index in [0.29, 0.717) is 12.1 Å². The molecular formula is C19H11F3O5S. The minimum atomic E-state index is -4.36. The van der Waals surface area contributed by atoms with Gasteiger partial charge in [0.25, 0.3) is 10.1 Å². The number of benzene rings is 3. The minimum absolute atomic E-state index is 0.00424. The van der Waals surface area contributed by atoms with Crippen LogP contribution in [0.4, 0.5) is 13.2 Å². The van der Waals surface area contributed by atoms with Gasteiger partial charge in [0.1, 0.15) is 4.90 Å². The summed E-state index contributed by atoms with van der Waals surface area (Å²) in [6, 6.07) is 9.92. The van der Waals surface area contributed by atoms with Gasteiger partial charge in [0.15, 0.2) is 34.6 Å². The van der Waals surface area contributed by atoms with Crippen molar-refractivity contribution in [3.8, 4) is 11.5 Å². The molecule has 1 unspecified atom stereocenters. The van der Waals surface area contributed by atoms with E-state index < -0.39 is 44.7 Å². The molecule has 0 bridgehead atoms. The number of fused-ring (bicyclic) bond motifs is 1. The van der Waals surface area contributed by atoms with E-state index in [9.17, 15) is 31.8 Å². The molecule has 0 aromatic heterocycles. The summed E-state index contributed by atoms with van der Waals surface area (Å²) in [6.07, 6.45) is 0. The second-order valence-electron chi connectivity index (χ2n) is 6.17. The first-order chi connectivity index (χ1) is 13.2. The Morgan fingerprint density at radius 2 is 1.43 bits per heavy atom. The van der Waals surface area contributed by atoms with Crippen molar-refractivity contribution in [3.63, 3.8) is 0 Å². The number of phenols is 2. The first-order valence-electron chi connectivity index (χ1n) is 7.89. The Balaban J connectivity index is 2.14. The van der Waals surface area contributed by atoms with Crippen LogP contribution in [0.3, 0.4) is 0 Å². The van der Waals surface area contributed by atoms with Gasteiger partial charge in [-0.3, -0.25) is 0 Å². The first-order valence-corrected chi connectivity index (χ1v) is 9.30. The number of rotatable bonds is 2. The van der Waals surface area contributed by atoms with Gasteiger partial charge >= 0.3 is 0 Å². The van der Waals surface area contributed by atoms with Crippen LogP contribution in [-0.4, -0.2) is 18.6 Å². The molecule has 5 nitrogen and oxygen atoms in total. The summed E-state index contributed by atoms with van der Waals surface area (Å²) in [4.78, 5) is -0.252. The molecule has 28 heavy (non-hydrogen) atoms. The van der Waals surface area contributed by atoms with E-state index in [1.165, 1.54) is 30.3 Å². The number of hydrogen-bond donors (Lipinski definition) is 2. The third-order valence-corrected chi connectivity index (χ3v) is 5.91. The number of phenolic OH excluding ortho intramolecular Hbond substituents is 2. The maximum atomic E-state index is 14.1. The van der Waals surface area contributed by atoms with Crippen LogP contribution < -0.4 is 0 Å². The lowest BCUT2D eigenvalue weighted by molar-refractivity contribution is 0.178. The molecule has 1 aliphatic heterocycles. The monoisotopic (exact) mass is 408 g/mol. The highest BCUT2D eigenvalue weighted by molar-refractivity contribution is 7.87. The molecule has 1 atom stereocenters. The summed E-state index contributed by atoms with van der Waals surface area (Å²) < 4.78 is 72.8. The van der Waals surface area contributed by atoms with Crippen molar-refractivity contribution in [1.82, 2.24) is 0 Å². The van der Waals surface area contributed by atoms with Gasteiger partial charge in [-0.25, -0.2) is 17.4 Å². The summed E-state index contributed by atoms with van der Waals surface area (Å²) in [6.45, 7) is 0. The predicted molar refractivity (Wildman–Crippen MR) is 90.7 cm³/mol. The van der Waals surface area contributed by atoms with E-state index in [-0.39, 0.29) is 21.6 Å². The summed E-state index contributed by atoms with van der Waals surface area (Å²) in [7, 11) is -4.36. The van der Waals surface area contributed by atoms with E-state index in [1.54, 1.807) is 0 Å². The molecule has 1 aliphatic rings. The molecule has 3 aromatic carbocycles. The van der Waals surface area contributed by atoms with Crippen LogP contribution >= 0.6 is 0 Å². The molecule has 0 saturated heterocycles. The molecule has 2 N–H and O–H groups in total. The highest BCUT2D eigenvalue weighted by Crippen LogP contribution is 2.51. The molecule has 4 rings (SSSR count). The SMILES string of the molecule is O=S1(=O)OC(c2ccc(O)c(F)c2)(c2cc(F)c(O)c(F)c2)c2ccccc21. The summed E-state index contributed by atoms with van der Waals surface area (Å²) in [5.41, 5.74) is -2.57. The highest BCUT2D eigenvalue weighted by atomic mass is 32.2. The Kier molecular flexibility index (Phi) is 3.91. The van der Waals surface area contributed by atoms with Crippen LogP contribution in [0.5, 0.6) is 11.5 Å². The van der Waals surface area contributed by atoms with Crippen LogP contribution in [0.15, 0.2) is 59.5 Å². The zero-order chi connectivity index (χ0) is 20.3. The average molecular weight is 408 g/mol. The van der Waals surface area contributed by atoms with Crippen LogP contribution in [0, 0.1) is 17.5 Å². The van der Waals surface area contributed by atoms with Gasteiger partial charge < -0.3 is 10.2 Å². The van der Waals surface area contributed by atoms with Crippen molar-refractivity contribution < 1.29 is 36.0 Å². The fraction of sp³-hybridized carbons (Fsp3) is 0.0526. The number of halogens is 3.